The van der Waals surface area contributed by atoms with E-state index < -0.39 is 0 Å². The highest BCUT2D eigenvalue weighted by atomic mass is 127. The van der Waals surface area contributed by atoms with Gasteiger partial charge in [-0.1, -0.05) is 48.5 Å². The van der Waals surface area contributed by atoms with E-state index in [4.69, 9.17) is 0 Å². The SMILES string of the molecule is CC1CCOO1.I.c1ccc(C2CCCCN2c2ccccc2)cc1. The van der Waals surface area contributed by atoms with Crippen LogP contribution in [0.25, 0.3) is 0 Å². The van der Waals surface area contributed by atoms with Crippen molar-refractivity contribution in [3.05, 3.63) is 66.2 Å². The van der Waals surface area contributed by atoms with E-state index >= 15 is 0 Å². The number of hydrogen-bond acceptors (Lipinski definition) is 3. The fourth-order valence-corrected chi connectivity index (χ4v) is 3.31. The summed E-state index contributed by atoms with van der Waals surface area (Å²) in [5.74, 6) is 0. The number of hydrogen-bond donors (Lipinski definition) is 0. The maximum atomic E-state index is 4.65. The smallest absolute Gasteiger partial charge is 0.0925 e. The molecule has 4 heteroatoms. The van der Waals surface area contributed by atoms with Crippen LogP contribution in [0, 0.1) is 0 Å². The Bertz CT molecular complexity index is 540. The predicted octanol–water partition coefficient (Wildman–Crippen LogP) is 5.76. The molecule has 2 atom stereocenters. The minimum absolute atomic E-state index is 0. The van der Waals surface area contributed by atoms with Crippen molar-refractivity contribution in [2.45, 2.75) is 44.8 Å². The van der Waals surface area contributed by atoms with Crippen LogP contribution in [-0.2, 0) is 9.78 Å². The van der Waals surface area contributed by atoms with E-state index in [2.05, 4.69) is 75.3 Å². The predicted molar refractivity (Wildman–Crippen MR) is 113 cm³/mol. The summed E-state index contributed by atoms with van der Waals surface area (Å²) in [5, 5.41) is 0. The average Bonchev–Trinajstić information content (AvgIpc) is 3.15. The van der Waals surface area contributed by atoms with E-state index in [1.165, 1.54) is 37.1 Å². The van der Waals surface area contributed by atoms with Crippen molar-refractivity contribution in [3.8, 4) is 0 Å². The highest BCUT2D eigenvalue weighted by Gasteiger charge is 2.23. The second kappa shape index (κ2) is 10.8. The van der Waals surface area contributed by atoms with Crippen LogP contribution < -0.4 is 4.90 Å². The number of rotatable bonds is 2. The topological polar surface area (TPSA) is 21.7 Å². The Hall–Kier alpha value is -1.11. The van der Waals surface area contributed by atoms with Gasteiger partial charge in [0.1, 0.15) is 0 Å². The van der Waals surface area contributed by atoms with E-state index in [0.717, 1.165) is 13.0 Å². The van der Waals surface area contributed by atoms with Crippen molar-refractivity contribution in [3.63, 3.8) is 0 Å². The van der Waals surface area contributed by atoms with Crippen molar-refractivity contribution < 1.29 is 9.78 Å². The molecule has 25 heavy (non-hydrogen) atoms. The fourth-order valence-electron chi connectivity index (χ4n) is 3.31. The van der Waals surface area contributed by atoms with Crippen molar-refractivity contribution in [2.75, 3.05) is 18.1 Å². The summed E-state index contributed by atoms with van der Waals surface area (Å²) < 4.78 is 0. The number of nitrogens with zero attached hydrogens (tertiary/aromatic N) is 1. The molecule has 4 rings (SSSR count). The number of halogens is 1. The first kappa shape index (κ1) is 20.2. The molecule has 2 unspecified atom stereocenters. The van der Waals surface area contributed by atoms with Crippen molar-refractivity contribution >= 4 is 29.7 Å². The highest BCUT2D eigenvalue weighted by molar-refractivity contribution is 14.0. The van der Waals surface area contributed by atoms with Gasteiger partial charge in [-0.2, -0.15) is 0 Å². The summed E-state index contributed by atoms with van der Waals surface area (Å²) in [6.07, 6.45) is 5.27. The Morgan fingerprint density at radius 1 is 0.880 bits per heavy atom. The van der Waals surface area contributed by atoms with Crippen LogP contribution in [0.15, 0.2) is 60.7 Å². The monoisotopic (exact) mass is 453 g/mol. The molecule has 2 aromatic rings. The van der Waals surface area contributed by atoms with Crippen molar-refractivity contribution in [1.29, 1.82) is 0 Å². The first-order valence-corrected chi connectivity index (χ1v) is 8.99. The third kappa shape index (κ3) is 5.97. The lowest BCUT2D eigenvalue weighted by molar-refractivity contribution is -0.270. The second-order valence-corrected chi connectivity index (χ2v) is 6.47. The Labute approximate surface area is 168 Å². The molecule has 0 spiro atoms. The number of benzene rings is 2. The molecule has 0 radical (unpaired) electrons. The van der Waals surface area contributed by atoms with Gasteiger partial charge in [0, 0.05) is 18.7 Å². The number of piperidine rings is 1. The lowest BCUT2D eigenvalue weighted by Crippen LogP contribution is -2.33. The molecule has 0 saturated carbocycles. The van der Waals surface area contributed by atoms with E-state index in [9.17, 15) is 0 Å². The molecule has 2 heterocycles. The molecule has 2 saturated heterocycles. The Morgan fingerprint density at radius 2 is 1.56 bits per heavy atom. The molecule has 2 fully saturated rings. The first-order chi connectivity index (χ1) is 11.8. The van der Waals surface area contributed by atoms with Crippen LogP contribution in [0.5, 0.6) is 0 Å². The lowest BCUT2D eigenvalue weighted by Gasteiger charge is -2.38. The summed E-state index contributed by atoms with van der Waals surface area (Å²) in [7, 11) is 0. The van der Waals surface area contributed by atoms with E-state index in [-0.39, 0.29) is 24.0 Å². The molecule has 0 bridgehead atoms. The van der Waals surface area contributed by atoms with Crippen molar-refractivity contribution in [1.82, 2.24) is 0 Å². The normalized spacial score (nSPS) is 22.5. The largest absolute Gasteiger partial charge is 0.364 e. The van der Waals surface area contributed by atoms with Crippen LogP contribution in [0.3, 0.4) is 0 Å². The standard InChI is InChI=1S/C17H19N.C4H8O2.HI/c1-3-9-15(10-4-1)17-13-7-8-14-18(17)16-11-5-2-6-12-16;1-4-2-3-5-6-4;/h1-6,9-12,17H,7-8,13-14H2;4H,2-3H2,1H3;1H. The van der Waals surface area contributed by atoms with Crippen LogP contribution in [0.2, 0.25) is 0 Å². The molecule has 0 amide bonds. The zero-order valence-electron chi connectivity index (χ0n) is 14.8. The Kier molecular flexibility index (Phi) is 8.72. The molecule has 136 valence electrons. The van der Waals surface area contributed by atoms with Crippen LogP contribution in [0.1, 0.15) is 44.2 Å². The number of anilines is 1. The molecule has 3 nitrogen and oxygen atoms in total. The maximum Gasteiger partial charge on any atom is 0.0925 e. The van der Waals surface area contributed by atoms with Gasteiger partial charge < -0.3 is 4.90 Å². The molecule has 0 aliphatic carbocycles. The molecular formula is C21H28INO2. The van der Waals surface area contributed by atoms with Gasteiger partial charge in [0.25, 0.3) is 0 Å². The molecular weight excluding hydrogens is 425 g/mol. The minimum atomic E-state index is 0. The first-order valence-electron chi connectivity index (χ1n) is 8.99. The summed E-state index contributed by atoms with van der Waals surface area (Å²) >= 11 is 0. The molecule has 0 N–H and O–H groups in total. The third-order valence-corrected chi connectivity index (χ3v) is 4.62. The van der Waals surface area contributed by atoms with Crippen molar-refractivity contribution in [2.24, 2.45) is 0 Å². The quantitative estimate of drug-likeness (QED) is 0.426. The molecule has 2 aromatic carbocycles. The lowest BCUT2D eigenvalue weighted by atomic mass is 9.94. The number of para-hydroxylation sites is 1. The van der Waals surface area contributed by atoms with Gasteiger partial charge in [0.05, 0.1) is 18.8 Å². The second-order valence-electron chi connectivity index (χ2n) is 6.47. The summed E-state index contributed by atoms with van der Waals surface area (Å²) in [4.78, 5) is 11.8. The van der Waals surface area contributed by atoms with Gasteiger partial charge in [-0.05, 0) is 43.9 Å². The van der Waals surface area contributed by atoms with Gasteiger partial charge in [-0.3, -0.25) is 0 Å². The van der Waals surface area contributed by atoms with Gasteiger partial charge in [0.15, 0.2) is 0 Å². The van der Waals surface area contributed by atoms with Gasteiger partial charge >= 0.3 is 0 Å². The van der Waals surface area contributed by atoms with Crippen LogP contribution in [-0.4, -0.2) is 19.3 Å². The van der Waals surface area contributed by atoms with Crippen LogP contribution >= 0.6 is 24.0 Å². The van der Waals surface area contributed by atoms with E-state index in [1.54, 1.807) is 0 Å². The average molecular weight is 453 g/mol. The van der Waals surface area contributed by atoms with Gasteiger partial charge in [-0.25, -0.2) is 9.78 Å². The maximum absolute atomic E-state index is 4.65. The van der Waals surface area contributed by atoms with E-state index in [0.29, 0.717) is 12.1 Å². The zero-order valence-corrected chi connectivity index (χ0v) is 17.2. The minimum Gasteiger partial charge on any atom is -0.364 e. The summed E-state index contributed by atoms with van der Waals surface area (Å²) in [5.41, 5.74) is 2.80. The van der Waals surface area contributed by atoms with Crippen LogP contribution in [0.4, 0.5) is 5.69 Å². The Morgan fingerprint density at radius 3 is 2.12 bits per heavy atom. The van der Waals surface area contributed by atoms with Gasteiger partial charge in [0.2, 0.25) is 0 Å². The van der Waals surface area contributed by atoms with E-state index in [1.807, 2.05) is 6.92 Å². The molecule has 0 aromatic heterocycles. The fraction of sp³-hybridized carbons (Fsp3) is 0.429. The zero-order chi connectivity index (χ0) is 16.6. The molecule has 2 aliphatic heterocycles. The Balaban J connectivity index is 0.000000275. The summed E-state index contributed by atoms with van der Waals surface area (Å²) in [6, 6.07) is 22.2. The van der Waals surface area contributed by atoms with Gasteiger partial charge in [-0.15, -0.1) is 24.0 Å². The molecule has 2 aliphatic rings. The summed E-state index contributed by atoms with van der Waals surface area (Å²) in [6.45, 7) is 3.93. The highest BCUT2D eigenvalue weighted by Crippen LogP contribution is 2.34. The third-order valence-electron chi connectivity index (χ3n) is 4.62.